The SMILES string of the molecule is CCc1ccc([C@@H]2O[C@H](SC)[C@@H](OC(C)=O)[C@H](OC(C)=O)[C@H]2OC(C)=O)cc1Cc1ccc(O[C@@H]2CCN([C@@H]3CO[C@H](c4cc(F)ccc4F)[C@@H](N)C3)C2)cc1. The number of hydrogen-bond acceptors (Lipinski definition) is 12. The van der Waals surface area contributed by atoms with Gasteiger partial charge in [0, 0.05) is 51.5 Å². The summed E-state index contributed by atoms with van der Waals surface area (Å²) in [4.78, 5) is 38.9. The quantitative estimate of drug-likeness (QED) is 0.171. The van der Waals surface area contributed by atoms with Gasteiger partial charge in [0.15, 0.2) is 18.3 Å². The maximum absolute atomic E-state index is 14.4. The van der Waals surface area contributed by atoms with E-state index in [9.17, 15) is 23.2 Å². The molecule has 6 rings (SSSR count). The molecule has 3 fully saturated rings. The largest absolute Gasteiger partial charge is 0.489 e. The predicted molar refractivity (Wildman–Crippen MR) is 205 cm³/mol. The topological polar surface area (TPSA) is 136 Å². The lowest BCUT2D eigenvalue weighted by atomic mass is 9.89. The third kappa shape index (κ3) is 9.89. The molecule has 3 aromatic carbocycles. The second-order valence-corrected chi connectivity index (χ2v) is 15.5. The summed E-state index contributed by atoms with van der Waals surface area (Å²) in [5, 5.41) is 0. The van der Waals surface area contributed by atoms with Gasteiger partial charge < -0.3 is 34.2 Å². The number of carbonyl (C=O) groups excluding carboxylic acids is 3. The molecule has 3 aliphatic heterocycles. The molecule has 302 valence electrons. The van der Waals surface area contributed by atoms with Crippen molar-refractivity contribution in [2.75, 3.05) is 26.0 Å². The number of thioether (sulfide) groups is 1. The molecule has 56 heavy (non-hydrogen) atoms. The Balaban J connectivity index is 1.11. The number of likely N-dealkylation sites (tertiary alicyclic amines) is 1. The zero-order valence-corrected chi connectivity index (χ0v) is 33.1. The van der Waals surface area contributed by atoms with Crippen molar-refractivity contribution >= 4 is 29.7 Å². The summed E-state index contributed by atoms with van der Waals surface area (Å²) >= 11 is 1.30. The number of ether oxygens (including phenoxy) is 6. The van der Waals surface area contributed by atoms with Crippen LogP contribution in [0, 0.1) is 11.6 Å². The van der Waals surface area contributed by atoms with Gasteiger partial charge >= 0.3 is 17.9 Å². The van der Waals surface area contributed by atoms with Crippen molar-refractivity contribution in [3.8, 4) is 5.75 Å². The highest BCUT2D eigenvalue weighted by Gasteiger charge is 2.52. The first-order valence-electron chi connectivity index (χ1n) is 19.0. The van der Waals surface area contributed by atoms with Gasteiger partial charge in [-0.3, -0.25) is 19.3 Å². The van der Waals surface area contributed by atoms with E-state index in [0.717, 1.165) is 65.6 Å². The molecule has 0 bridgehead atoms. The van der Waals surface area contributed by atoms with E-state index in [1.807, 2.05) is 42.5 Å². The molecular weight excluding hydrogens is 747 g/mol. The van der Waals surface area contributed by atoms with E-state index < -0.39 is 71.5 Å². The Morgan fingerprint density at radius 3 is 2.23 bits per heavy atom. The molecule has 0 unspecified atom stereocenters. The molecule has 0 spiro atoms. The van der Waals surface area contributed by atoms with Crippen LogP contribution in [0.2, 0.25) is 0 Å². The number of esters is 3. The zero-order valence-electron chi connectivity index (χ0n) is 32.3. The summed E-state index contributed by atoms with van der Waals surface area (Å²) in [6, 6.07) is 16.9. The minimum absolute atomic E-state index is 0.0270. The molecular formula is C42H50F2N2O9S. The minimum atomic E-state index is -1.09. The average Bonchev–Trinajstić information content (AvgIpc) is 3.63. The third-order valence-electron chi connectivity index (χ3n) is 10.6. The fourth-order valence-corrected chi connectivity index (χ4v) is 8.71. The highest BCUT2D eigenvalue weighted by molar-refractivity contribution is 7.99. The summed E-state index contributed by atoms with van der Waals surface area (Å²) < 4.78 is 64.1. The van der Waals surface area contributed by atoms with E-state index in [-0.39, 0.29) is 17.7 Å². The Bertz CT molecular complexity index is 1870. The van der Waals surface area contributed by atoms with Gasteiger partial charge in [0.05, 0.1) is 6.61 Å². The number of nitrogens with two attached hydrogens (primary N) is 1. The lowest BCUT2D eigenvalue weighted by Crippen LogP contribution is -2.57. The molecule has 2 N–H and O–H groups in total. The van der Waals surface area contributed by atoms with Crippen molar-refractivity contribution in [3.05, 3.63) is 100 Å². The number of carbonyl (C=O) groups is 3. The van der Waals surface area contributed by atoms with E-state index >= 15 is 0 Å². The number of nitrogens with zero attached hydrogens (tertiary/aromatic N) is 1. The van der Waals surface area contributed by atoms with Gasteiger partial charge in [-0.05, 0) is 84.5 Å². The fourth-order valence-electron chi connectivity index (χ4n) is 8.00. The Hall–Kier alpha value is -4.08. The van der Waals surface area contributed by atoms with Crippen LogP contribution in [0.25, 0.3) is 0 Å². The molecule has 11 nitrogen and oxygen atoms in total. The van der Waals surface area contributed by atoms with Crippen LogP contribution in [0.5, 0.6) is 5.75 Å². The van der Waals surface area contributed by atoms with Gasteiger partial charge in [-0.1, -0.05) is 37.3 Å². The summed E-state index contributed by atoms with van der Waals surface area (Å²) in [7, 11) is 0. The molecule has 0 amide bonds. The van der Waals surface area contributed by atoms with Crippen LogP contribution < -0.4 is 10.5 Å². The third-order valence-corrected chi connectivity index (χ3v) is 11.4. The monoisotopic (exact) mass is 796 g/mol. The molecule has 3 saturated heterocycles. The van der Waals surface area contributed by atoms with Crippen LogP contribution in [0.3, 0.4) is 0 Å². The highest BCUT2D eigenvalue weighted by Crippen LogP contribution is 2.41. The molecule has 0 aromatic heterocycles. The van der Waals surface area contributed by atoms with Crippen molar-refractivity contribution in [1.82, 2.24) is 4.90 Å². The summed E-state index contributed by atoms with van der Waals surface area (Å²) in [5.41, 5.74) is 9.86. The van der Waals surface area contributed by atoms with E-state index in [0.29, 0.717) is 26.0 Å². The Morgan fingerprint density at radius 2 is 1.57 bits per heavy atom. The van der Waals surface area contributed by atoms with E-state index in [4.69, 9.17) is 34.2 Å². The van der Waals surface area contributed by atoms with Gasteiger partial charge in [-0.15, -0.1) is 11.8 Å². The molecule has 9 atom stereocenters. The maximum Gasteiger partial charge on any atom is 0.303 e. The van der Waals surface area contributed by atoms with Gasteiger partial charge in [-0.2, -0.15) is 0 Å². The number of rotatable bonds is 12. The lowest BCUT2D eigenvalue weighted by molar-refractivity contribution is -0.233. The van der Waals surface area contributed by atoms with Crippen LogP contribution in [0.4, 0.5) is 8.78 Å². The van der Waals surface area contributed by atoms with E-state index in [2.05, 4.69) is 11.8 Å². The van der Waals surface area contributed by atoms with Crippen LogP contribution in [0.1, 0.15) is 80.6 Å². The first-order chi connectivity index (χ1) is 26.8. The molecule has 0 aliphatic carbocycles. The number of benzene rings is 3. The molecule has 0 saturated carbocycles. The molecule has 3 heterocycles. The van der Waals surface area contributed by atoms with Crippen molar-refractivity contribution in [2.45, 2.75) is 108 Å². The van der Waals surface area contributed by atoms with Crippen molar-refractivity contribution < 1.29 is 51.6 Å². The highest BCUT2D eigenvalue weighted by atomic mass is 32.2. The maximum atomic E-state index is 14.4. The second-order valence-electron chi connectivity index (χ2n) is 14.6. The summed E-state index contributed by atoms with van der Waals surface area (Å²) in [6.45, 7) is 7.74. The van der Waals surface area contributed by atoms with Crippen LogP contribution in [-0.4, -0.2) is 90.7 Å². The average molecular weight is 797 g/mol. The minimum Gasteiger partial charge on any atom is -0.489 e. The van der Waals surface area contributed by atoms with Crippen molar-refractivity contribution in [3.63, 3.8) is 0 Å². The zero-order chi connectivity index (χ0) is 40.1. The van der Waals surface area contributed by atoms with Crippen LogP contribution in [-0.2, 0) is 50.9 Å². The number of hydrogen-bond donors (Lipinski definition) is 1. The van der Waals surface area contributed by atoms with Crippen LogP contribution in [0.15, 0.2) is 60.7 Å². The number of halogens is 2. The van der Waals surface area contributed by atoms with Crippen LogP contribution >= 0.6 is 11.8 Å². The second kappa shape index (κ2) is 18.5. The lowest BCUT2D eigenvalue weighted by Gasteiger charge is -2.44. The molecule has 14 heteroatoms. The molecule has 0 radical (unpaired) electrons. The van der Waals surface area contributed by atoms with E-state index in [1.54, 1.807) is 6.26 Å². The smallest absolute Gasteiger partial charge is 0.303 e. The van der Waals surface area contributed by atoms with Gasteiger partial charge in [-0.25, -0.2) is 8.78 Å². The molecule has 3 aliphatic rings. The Morgan fingerprint density at radius 1 is 0.875 bits per heavy atom. The van der Waals surface area contributed by atoms with Gasteiger partial charge in [0.25, 0.3) is 0 Å². The summed E-state index contributed by atoms with van der Waals surface area (Å²) in [6.07, 6.45) is -0.0809. The first-order valence-corrected chi connectivity index (χ1v) is 20.3. The standard InChI is InChI=1S/C42H50F2N2O9S/c1-6-27-9-10-28(37-39(51-23(2)47)40(52-24(3)48)41(53-25(4)49)42(55-37)56-5)18-29(27)17-26-7-12-32(13-8-26)54-33-15-16-46(21-33)31-20-36(45)38(50-22-31)34-19-30(43)11-14-35(34)44/h7-14,18-19,31,33,36-42H,6,15-17,20-22,45H2,1-5H3/t31-,33+,36-,37-,38+,39-,40+,41-,42+/m0/s1. The van der Waals surface area contributed by atoms with Gasteiger partial charge in [0.2, 0.25) is 0 Å². The van der Waals surface area contributed by atoms with Gasteiger partial charge in [0.1, 0.15) is 41.1 Å². The van der Waals surface area contributed by atoms with E-state index in [1.165, 1.54) is 32.5 Å². The Kier molecular flexibility index (Phi) is 13.7. The fraction of sp³-hybridized carbons (Fsp3) is 0.500. The summed E-state index contributed by atoms with van der Waals surface area (Å²) in [5.74, 6) is -2.07. The van der Waals surface area contributed by atoms with Crippen molar-refractivity contribution in [2.24, 2.45) is 5.73 Å². The number of aryl methyl sites for hydroxylation is 1. The predicted octanol–water partition coefficient (Wildman–Crippen LogP) is 5.98. The Labute approximate surface area is 330 Å². The van der Waals surface area contributed by atoms with Crippen molar-refractivity contribution in [1.29, 1.82) is 0 Å². The molecule has 3 aromatic rings. The normalized spacial score (nSPS) is 28.0. The first kappa shape index (κ1) is 41.6.